The lowest BCUT2D eigenvalue weighted by Crippen LogP contribution is -2.42. The van der Waals surface area contributed by atoms with Crippen LogP contribution in [0.3, 0.4) is 0 Å². The third-order valence-corrected chi connectivity index (χ3v) is 4.80. The molecule has 1 aromatic carbocycles. The molecule has 7 nitrogen and oxygen atoms in total. The number of piperidine rings is 1. The molecule has 0 unspecified atom stereocenters. The molecular weight excluding hydrogens is 361 g/mol. The quantitative estimate of drug-likeness (QED) is 0.695. The molecule has 0 spiro atoms. The smallest absolute Gasteiger partial charge is 0.272 e. The Morgan fingerprint density at radius 3 is 2.61 bits per heavy atom. The van der Waals surface area contributed by atoms with E-state index in [0.717, 1.165) is 18.4 Å². The van der Waals surface area contributed by atoms with Gasteiger partial charge in [0.15, 0.2) is 0 Å². The molecule has 3 aromatic rings. The zero-order chi connectivity index (χ0) is 19.5. The second-order valence-corrected chi connectivity index (χ2v) is 6.72. The van der Waals surface area contributed by atoms with Gasteiger partial charge in [-0.25, -0.2) is 4.39 Å². The Balaban J connectivity index is 1.41. The number of halogens is 1. The number of aromatic nitrogens is 4. The van der Waals surface area contributed by atoms with Crippen molar-refractivity contribution in [1.82, 2.24) is 24.9 Å². The Bertz CT molecular complexity index is 950. The van der Waals surface area contributed by atoms with Crippen molar-refractivity contribution in [3.05, 3.63) is 60.2 Å². The van der Waals surface area contributed by atoms with Gasteiger partial charge in [0.25, 0.3) is 5.91 Å². The molecule has 0 bridgehead atoms. The molecule has 0 atom stereocenters. The summed E-state index contributed by atoms with van der Waals surface area (Å²) in [5, 5.41) is 12.1. The van der Waals surface area contributed by atoms with Gasteiger partial charge in [-0.3, -0.25) is 9.48 Å². The van der Waals surface area contributed by atoms with Gasteiger partial charge in [-0.2, -0.15) is 10.2 Å². The molecule has 0 aliphatic carbocycles. The van der Waals surface area contributed by atoms with Gasteiger partial charge in [-0.05, 0) is 36.4 Å². The van der Waals surface area contributed by atoms with Crippen LogP contribution >= 0.6 is 0 Å². The topological polar surface area (TPSA) is 73.1 Å². The van der Waals surface area contributed by atoms with E-state index >= 15 is 0 Å². The fourth-order valence-corrected chi connectivity index (χ4v) is 3.29. The molecule has 144 valence electrons. The highest BCUT2D eigenvalue weighted by atomic mass is 19.1. The van der Waals surface area contributed by atoms with E-state index < -0.39 is 0 Å². The van der Waals surface area contributed by atoms with Gasteiger partial charge in [-0.1, -0.05) is 0 Å². The monoisotopic (exact) mass is 381 g/mol. The van der Waals surface area contributed by atoms with Crippen molar-refractivity contribution < 1.29 is 13.9 Å². The first kappa shape index (κ1) is 18.1. The van der Waals surface area contributed by atoms with Crippen LogP contribution in [0, 0.1) is 5.82 Å². The maximum absolute atomic E-state index is 13.1. The normalized spacial score (nSPS) is 14.9. The minimum atomic E-state index is -0.303. The molecule has 1 aliphatic rings. The lowest BCUT2D eigenvalue weighted by atomic mass is 10.1. The summed E-state index contributed by atoms with van der Waals surface area (Å²) in [4.78, 5) is 14.7. The number of carbonyl (C=O) groups excluding carboxylic acids is 1. The summed E-state index contributed by atoms with van der Waals surface area (Å²) in [5.74, 6) is 0.131. The number of amides is 1. The number of carbonyl (C=O) groups is 1. The number of hydrogen-bond acceptors (Lipinski definition) is 5. The molecule has 0 N–H and O–H groups in total. The predicted octanol–water partition coefficient (Wildman–Crippen LogP) is 2.70. The predicted molar refractivity (Wildman–Crippen MR) is 100 cm³/mol. The summed E-state index contributed by atoms with van der Waals surface area (Å²) in [5.41, 5.74) is 1.92. The van der Waals surface area contributed by atoms with Crippen LogP contribution < -0.4 is 4.74 Å². The SMILES string of the molecule is Cn1nc(-c2ccc(F)cc2)cc1C(=O)N1CCC(Oc2cccnn2)CC1. The molecule has 3 heterocycles. The van der Waals surface area contributed by atoms with Crippen molar-refractivity contribution in [3.63, 3.8) is 0 Å². The van der Waals surface area contributed by atoms with Crippen LogP contribution in [0.1, 0.15) is 23.3 Å². The molecule has 1 aliphatic heterocycles. The largest absolute Gasteiger partial charge is 0.473 e. The molecule has 1 amide bonds. The molecule has 1 fully saturated rings. The van der Waals surface area contributed by atoms with Crippen LogP contribution in [0.15, 0.2) is 48.7 Å². The van der Waals surface area contributed by atoms with Gasteiger partial charge in [0.2, 0.25) is 5.88 Å². The Hall–Kier alpha value is -3.29. The maximum atomic E-state index is 13.1. The summed E-state index contributed by atoms with van der Waals surface area (Å²) in [6.45, 7) is 1.20. The maximum Gasteiger partial charge on any atom is 0.272 e. The number of aryl methyl sites for hydroxylation is 1. The van der Waals surface area contributed by atoms with Gasteiger partial charge in [-0.15, -0.1) is 5.10 Å². The van der Waals surface area contributed by atoms with E-state index in [1.807, 2.05) is 4.90 Å². The first-order chi connectivity index (χ1) is 13.6. The summed E-state index contributed by atoms with van der Waals surface area (Å²) in [6.07, 6.45) is 3.07. The Kier molecular flexibility index (Phi) is 5.01. The second-order valence-electron chi connectivity index (χ2n) is 6.72. The van der Waals surface area contributed by atoms with E-state index in [2.05, 4.69) is 15.3 Å². The van der Waals surface area contributed by atoms with Crippen molar-refractivity contribution in [3.8, 4) is 17.1 Å². The number of likely N-dealkylation sites (tertiary alicyclic amines) is 1. The number of hydrogen-bond donors (Lipinski definition) is 0. The molecular formula is C20H20FN5O2. The van der Waals surface area contributed by atoms with Crippen LogP contribution in [-0.2, 0) is 7.05 Å². The zero-order valence-corrected chi connectivity index (χ0v) is 15.5. The van der Waals surface area contributed by atoms with Gasteiger partial charge in [0.05, 0.1) is 5.69 Å². The molecule has 28 heavy (non-hydrogen) atoms. The minimum absolute atomic E-state index is 0.0158. The fourth-order valence-electron chi connectivity index (χ4n) is 3.29. The highest BCUT2D eigenvalue weighted by Crippen LogP contribution is 2.22. The second kappa shape index (κ2) is 7.75. The molecule has 8 heteroatoms. The van der Waals surface area contributed by atoms with Gasteiger partial charge in [0, 0.05) is 50.8 Å². The lowest BCUT2D eigenvalue weighted by Gasteiger charge is -2.31. The molecule has 2 aromatic heterocycles. The van der Waals surface area contributed by atoms with E-state index in [-0.39, 0.29) is 17.8 Å². The summed E-state index contributed by atoms with van der Waals surface area (Å²) in [7, 11) is 1.74. The van der Waals surface area contributed by atoms with Crippen LogP contribution in [0.4, 0.5) is 4.39 Å². The zero-order valence-electron chi connectivity index (χ0n) is 15.5. The number of rotatable bonds is 4. The van der Waals surface area contributed by atoms with Crippen LogP contribution in [-0.4, -0.2) is 50.0 Å². The lowest BCUT2D eigenvalue weighted by molar-refractivity contribution is 0.0576. The van der Waals surface area contributed by atoms with Gasteiger partial charge >= 0.3 is 0 Å². The highest BCUT2D eigenvalue weighted by Gasteiger charge is 2.27. The molecule has 1 saturated heterocycles. The molecule has 0 radical (unpaired) electrons. The summed E-state index contributed by atoms with van der Waals surface area (Å²) >= 11 is 0. The van der Waals surface area contributed by atoms with Crippen molar-refractivity contribution in [1.29, 1.82) is 0 Å². The standard InChI is InChI=1S/C20H20FN5O2/c1-25-18(13-17(24-25)14-4-6-15(21)7-5-14)20(27)26-11-8-16(9-12-26)28-19-3-2-10-22-23-19/h2-7,10,13,16H,8-9,11-12H2,1H3. The van der Waals surface area contributed by atoms with E-state index in [0.29, 0.717) is 30.4 Å². The third-order valence-electron chi connectivity index (χ3n) is 4.80. The first-order valence-electron chi connectivity index (χ1n) is 9.14. The number of nitrogens with zero attached hydrogens (tertiary/aromatic N) is 5. The van der Waals surface area contributed by atoms with Crippen molar-refractivity contribution >= 4 is 5.91 Å². The van der Waals surface area contributed by atoms with E-state index in [4.69, 9.17) is 4.74 Å². The summed E-state index contributed by atoms with van der Waals surface area (Å²) < 4.78 is 20.5. The average Bonchev–Trinajstić information content (AvgIpc) is 3.11. The Morgan fingerprint density at radius 2 is 1.93 bits per heavy atom. The van der Waals surface area contributed by atoms with E-state index in [9.17, 15) is 9.18 Å². The fraction of sp³-hybridized carbons (Fsp3) is 0.300. The van der Waals surface area contributed by atoms with Gasteiger partial charge in [0.1, 0.15) is 17.6 Å². The van der Waals surface area contributed by atoms with Crippen molar-refractivity contribution in [2.75, 3.05) is 13.1 Å². The average molecular weight is 381 g/mol. The van der Waals surface area contributed by atoms with Crippen LogP contribution in [0.25, 0.3) is 11.3 Å². The number of ether oxygens (including phenoxy) is 1. The minimum Gasteiger partial charge on any atom is -0.473 e. The van der Waals surface area contributed by atoms with Crippen molar-refractivity contribution in [2.24, 2.45) is 7.05 Å². The molecule has 0 saturated carbocycles. The number of benzene rings is 1. The Morgan fingerprint density at radius 1 is 1.18 bits per heavy atom. The van der Waals surface area contributed by atoms with E-state index in [1.165, 1.54) is 12.1 Å². The summed E-state index contributed by atoms with van der Waals surface area (Å²) in [6, 6.07) is 11.4. The van der Waals surface area contributed by atoms with Crippen LogP contribution in [0.2, 0.25) is 0 Å². The van der Waals surface area contributed by atoms with Gasteiger partial charge < -0.3 is 9.64 Å². The Labute approximate surface area is 161 Å². The first-order valence-corrected chi connectivity index (χ1v) is 9.14. The van der Waals surface area contributed by atoms with E-state index in [1.54, 1.807) is 48.3 Å². The highest BCUT2D eigenvalue weighted by molar-refractivity contribution is 5.93. The third kappa shape index (κ3) is 3.85. The molecule has 4 rings (SSSR count). The van der Waals surface area contributed by atoms with Crippen molar-refractivity contribution in [2.45, 2.75) is 18.9 Å². The van der Waals surface area contributed by atoms with Crippen LogP contribution in [0.5, 0.6) is 5.88 Å².